The van der Waals surface area contributed by atoms with Crippen LogP contribution in [-0.4, -0.2) is 15.0 Å². The van der Waals surface area contributed by atoms with Gasteiger partial charge in [-0.2, -0.15) is 0 Å². The highest BCUT2D eigenvalue weighted by molar-refractivity contribution is 9.10. The maximum atomic E-state index is 11.1. The van der Waals surface area contributed by atoms with Crippen LogP contribution in [0.4, 0.5) is 0 Å². The molecule has 0 aliphatic heterocycles. The molecular weight excluding hydrogens is 306 g/mol. The Kier molecular flexibility index (Phi) is 4.73. The maximum absolute atomic E-state index is 11.1. The van der Waals surface area contributed by atoms with Crippen molar-refractivity contribution < 1.29 is 13.2 Å². The minimum absolute atomic E-state index is 0.0473. The van der Waals surface area contributed by atoms with Gasteiger partial charge in [-0.1, -0.05) is 13.5 Å². The second-order valence-corrected chi connectivity index (χ2v) is 5.95. The summed E-state index contributed by atoms with van der Waals surface area (Å²) in [5.41, 5.74) is 0.965. The van der Waals surface area contributed by atoms with Crippen molar-refractivity contribution in [2.24, 2.45) is 5.14 Å². The lowest BCUT2D eigenvalue weighted by Crippen LogP contribution is -2.12. The van der Waals surface area contributed by atoms with Crippen LogP contribution < -0.4 is 9.88 Å². The lowest BCUT2D eigenvalue weighted by atomic mass is 10.2. The molecule has 17 heavy (non-hydrogen) atoms. The van der Waals surface area contributed by atoms with Crippen LogP contribution in [0.5, 0.6) is 5.75 Å². The fourth-order valence-electron chi connectivity index (χ4n) is 1.06. The number of hydrogen-bond acceptors (Lipinski definition) is 3. The minimum atomic E-state index is -3.68. The van der Waals surface area contributed by atoms with E-state index in [-0.39, 0.29) is 4.90 Å². The van der Waals surface area contributed by atoms with Crippen LogP contribution in [0.25, 0.3) is 0 Å². The van der Waals surface area contributed by atoms with E-state index in [1.165, 1.54) is 12.1 Å². The summed E-state index contributed by atoms with van der Waals surface area (Å²) in [7, 11) is -3.68. The van der Waals surface area contributed by atoms with E-state index in [1.54, 1.807) is 6.07 Å². The van der Waals surface area contributed by atoms with Crippen LogP contribution in [0.3, 0.4) is 0 Å². The van der Waals surface area contributed by atoms with Crippen LogP contribution in [0.1, 0.15) is 13.3 Å². The van der Waals surface area contributed by atoms with Crippen molar-refractivity contribution in [3.8, 4) is 5.75 Å². The predicted molar refractivity (Wildman–Crippen MR) is 70.4 cm³/mol. The molecule has 1 aromatic rings. The third-order valence-electron chi connectivity index (χ3n) is 2.16. The molecule has 0 saturated carbocycles. The molecular formula is C11H14BrNO3S. The van der Waals surface area contributed by atoms with E-state index in [4.69, 9.17) is 9.88 Å². The van der Waals surface area contributed by atoms with E-state index < -0.39 is 10.0 Å². The number of sulfonamides is 1. The predicted octanol–water partition coefficient (Wildman–Crippen LogP) is 2.44. The monoisotopic (exact) mass is 319 g/mol. The summed E-state index contributed by atoms with van der Waals surface area (Å²) in [6, 6.07) is 4.39. The van der Waals surface area contributed by atoms with E-state index in [1.807, 2.05) is 6.92 Å². The third-order valence-corrected chi connectivity index (χ3v) is 3.69. The second-order valence-electron chi connectivity index (χ2n) is 3.53. The zero-order valence-corrected chi connectivity index (χ0v) is 11.8. The number of hydrogen-bond donors (Lipinski definition) is 1. The lowest BCUT2D eigenvalue weighted by Gasteiger charge is -2.09. The van der Waals surface area contributed by atoms with E-state index in [2.05, 4.69) is 22.5 Å². The Bertz CT molecular complexity index is 526. The molecule has 0 aliphatic carbocycles. The summed E-state index contributed by atoms with van der Waals surface area (Å²) in [5, 5.41) is 5.02. The molecule has 0 fully saturated rings. The van der Waals surface area contributed by atoms with Gasteiger partial charge in [0.05, 0.1) is 9.37 Å². The molecule has 0 spiro atoms. The first-order valence-electron chi connectivity index (χ1n) is 4.96. The molecule has 1 aromatic carbocycles. The van der Waals surface area contributed by atoms with Gasteiger partial charge in [0.15, 0.2) is 0 Å². The summed E-state index contributed by atoms with van der Waals surface area (Å²) in [6.45, 7) is 6.22. The molecule has 0 aliphatic rings. The van der Waals surface area contributed by atoms with Crippen molar-refractivity contribution in [3.63, 3.8) is 0 Å². The highest BCUT2D eigenvalue weighted by atomic mass is 79.9. The molecule has 0 aromatic heterocycles. The van der Waals surface area contributed by atoms with Crippen LogP contribution >= 0.6 is 15.9 Å². The molecule has 4 nitrogen and oxygen atoms in total. The zero-order valence-electron chi connectivity index (χ0n) is 9.44. The molecule has 0 heterocycles. The van der Waals surface area contributed by atoms with Crippen LogP contribution in [-0.2, 0) is 10.0 Å². The molecule has 0 atom stereocenters. The van der Waals surface area contributed by atoms with Crippen LogP contribution in [0.15, 0.2) is 39.7 Å². The number of rotatable bonds is 5. The Morgan fingerprint density at radius 2 is 2.18 bits per heavy atom. The summed E-state index contributed by atoms with van der Waals surface area (Å²) < 4.78 is 28.2. The zero-order chi connectivity index (χ0) is 13.1. The van der Waals surface area contributed by atoms with Gasteiger partial charge in [-0.15, -0.1) is 0 Å². The molecule has 2 N–H and O–H groups in total. The number of ether oxygens (including phenoxy) is 1. The van der Waals surface area contributed by atoms with E-state index in [0.717, 1.165) is 12.0 Å². The normalized spacial score (nSPS) is 11.2. The van der Waals surface area contributed by atoms with Crippen molar-refractivity contribution in [1.29, 1.82) is 0 Å². The summed E-state index contributed by atoms with van der Waals surface area (Å²) in [4.78, 5) is 0.0473. The highest BCUT2D eigenvalue weighted by Gasteiger charge is 2.10. The standard InChI is InChI=1S/C11H14BrNO3S/c1-3-8(2)7-16-11-5-4-9(6-10(11)12)17(13,14)15/h4-6H,2-3,7H2,1H3,(H2,13,14,15). The highest BCUT2D eigenvalue weighted by Crippen LogP contribution is 2.27. The summed E-state index contributed by atoms with van der Waals surface area (Å²) in [5.74, 6) is 0.562. The van der Waals surface area contributed by atoms with E-state index in [9.17, 15) is 8.42 Å². The van der Waals surface area contributed by atoms with Crippen molar-refractivity contribution in [1.82, 2.24) is 0 Å². The Morgan fingerprint density at radius 3 is 2.65 bits per heavy atom. The minimum Gasteiger partial charge on any atom is -0.488 e. The molecule has 0 unspecified atom stereocenters. The van der Waals surface area contributed by atoms with Crippen molar-refractivity contribution in [2.75, 3.05) is 6.61 Å². The Morgan fingerprint density at radius 1 is 1.53 bits per heavy atom. The van der Waals surface area contributed by atoms with Gasteiger partial charge in [-0.3, -0.25) is 0 Å². The lowest BCUT2D eigenvalue weighted by molar-refractivity contribution is 0.346. The fraction of sp³-hybridized carbons (Fsp3) is 0.273. The van der Waals surface area contributed by atoms with Crippen LogP contribution in [0.2, 0.25) is 0 Å². The Balaban J connectivity index is 2.88. The number of benzene rings is 1. The quantitative estimate of drug-likeness (QED) is 0.847. The fourth-order valence-corrected chi connectivity index (χ4v) is 2.24. The first-order valence-corrected chi connectivity index (χ1v) is 7.30. The van der Waals surface area contributed by atoms with Crippen molar-refractivity contribution >= 4 is 26.0 Å². The van der Waals surface area contributed by atoms with Gasteiger partial charge in [0.2, 0.25) is 10.0 Å². The first kappa shape index (κ1) is 14.2. The van der Waals surface area contributed by atoms with Gasteiger partial charge in [-0.25, -0.2) is 13.6 Å². The van der Waals surface area contributed by atoms with E-state index in [0.29, 0.717) is 16.8 Å². The molecule has 0 saturated heterocycles. The van der Waals surface area contributed by atoms with Crippen LogP contribution in [0, 0.1) is 0 Å². The number of primary sulfonamides is 1. The second kappa shape index (κ2) is 5.66. The number of nitrogens with two attached hydrogens (primary N) is 1. The van der Waals surface area contributed by atoms with Gasteiger partial charge < -0.3 is 4.74 Å². The smallest absolute Gasteiger partial charge is 0.238 e. The molecule has 0 bridgehead atoms. The Hall–Kier alpha value is -0.850. The average Bonchev–Trinajstić information content (AvgIpc) is 2.25. The van der Waals surface area contributed by atoms with E-state index >= 15 is 0 Å². The van der Waals surface area contributed by atoms with Crippen molar-refractivity contribution in [2.45, 2.75) is 18.2 Å². The van der Waals surface area contributed by atoms with Gasteiger partial charge in [0.1, 0.15) is 12.4 Å². The Labute approximate surface area is 110 Å². The maximum Gasteiger partial charge on any atom is 0.238 e. The topological polar surface area (TPSA) is 69.4 Å². The summed E-state index contributed by atoms with van der Waals surface area (Å²) in [6.07, 6.45) is 0.840. The molecule has 0 radical (unpaired) electrons. The molecule has 0 amide bonds. The van der Waals surface area contributed by atoms with Gasteiger partial charge >= 0.3 is 0 Å². The molecule has 1 rings (SSSR count). The largest absolute Gasteiger partial charge is 0.488 e. The van der Waals surface area contributed by atoms with Gasteiger partial charge in [0.25, 0.3) is 0 Å². The van der Waals surface area contributed by atoms with Gasteiger partial charge in [0, 0.05) is 0 Å². The summed E-state index contributed by atoms with van der Waals surface area (Å²) >= 11 is 3.24. The average molecular weight is 320 g/mol. The van der Waals surface area contributed by atoms with Crippen molar-refractivity contribution in [3.05, 3.63) is 34.8 Å². The molecule has 6 heteroatoms. The third kappa shape index (κ3) is 4.14. The van der Waals surface area contributed by atoms with Gasteiger partial charge in [-0.05, 0) is 46.1 Å². The first-order chi connectivity index (χ1) is 7.84. The number of halogens is 1. The SMILES string of the molecule is C=C(CC)COc1ccc(S(N)(=O)=O)cc1Br. The molecule has 94 valence electrons.